The molecule has 0 aliphatic rings. The Morgan fingerprint density at radius 1 is 1.55 bits per heavy atom. The first kappa shape index (κ1) is 14.2. The Bertz CT molecular complexity index is 106. The summed E-state index contributed by atoms with van der Waals surface area (Å²) < 4.78 is 4.71. The first-order valence-electron chi connectivity index (χ1n) is 3.67. The smallest absolute Gasteiger partial charge is 1.00 e. The summed E-state index contributed by atoms with van der Waals surface area (Å²) in [5.74, 6) is -0.115. The minimum atomic E-state index is -0.115. The molecule has 0 aliphatic heterocycles. The van der Waals surface area contributed by atoms with Gasteiger partial charge in [-0.15, -0.1) is 0 Å². The number of carbonyl (C=O) groups excluding carboxylic acids is 1. The maximum Gasteiger partial charge on any atom is 2.00 e. The summed E-state index contributed by atoms with van der Waals surface area (Å²) in [6, 6.07) is 0. The first-order valence-corrected chi connectivity index (χ1v) is 3.67. The van der Waals surface area contributed by atoms with Crippen molar-refractivity contribution in [2.75, 3.05) is 13.2 Å². The van der Waals surface area contributed by atoms with Gasteiger partial charge in [0.2, 0.25) is 0 Å². The molecule has 11 heavy (non-hydrogen) atoms. The Kier molecular flexibility index (Phi) is 13.8. The van der Waals surface area contributed by atoms with Gasteiger partial charge in [-0.2, -0.15) is 0 Å². The van der Waals surface area contributed by atoms with Crippen molar-refractivity contribution in [3.05, 3.63) is 0 Å². The van der Waals surface area contributed by atoms with Crippen molar-refractivity contribution in [2.45, 2.75) is 26.2 Å². The Balaban J connectivity index is -0.000000135. The van der Waals surface area contributed by atoms with Gasteiger partial charge in [-0.1, -0.05) is 0 Å². The molecule has 0 saturated heterocycles. The number of carbonyl (C=O) groups is 1. The van der Waals surface area contributed by atoms with E-state index in [1.807, 2.05) is 0 Å². The molecule has 0 aromatic rings. The number of ether oxygens (including phenoxy) is 1. The van der Waals surface area contributed by atoms with Crippen LogP contribution in [0.15, 0.2) is 0 Å². The molecule has 0 aromatic carbocycles. The average Bonchev–Trinajstić information content (AvgIpc) is 1.89. The fourth-order valence-corrected chi connectivity index (χ4v) is 0.647. The Labute approximate surface area is 101 Å². The van der Waals surface area contributed by atoms with Gasteiger partial charge in [-0.05, 0) is 26.3 Å². The SMILES string of the molecule is CCOC(=O)CCCCN.[Ca+2].[H-].[H-]. The normalized spacial score (nSPS) is 8.55. The number of unbranched alkanes of at least 4 members (excludes halogenated alkanes) is 1. The van der Waals surface area contributed by atoms with Gasteiger partial charge in [0, 0.05) is 6.42 Å². The third-order valence-electron chi connectivity index (χ3n) is 1.14. The molecule has 0 heterocycles. The van der Waals surface area contributed by atoms with Crippen LogP contribution in [0, 0.1) is 0 Å². The number of rotatable bonds is 5. The first-order chi connectivity index (χ1) is 4.81. The Morgan fingerprint density at radius 3 is 2.64 bits per heavy atom. The van der Waals surface area contributed by atoms with Crippen LogP contribution in [0.25, 0.3) is 0 Å². The molecule has 0 spiro atoms. The number of esters is 1. The van der Waals surface area contributed by atoms with E-state index in [0.717, 1.165) is 12.8 Å². The minimum Gasteiger partial charge on any atom is -1.00 e. The zero-order valence-corrected chi connectivity index (χ0v) is 9.34. The summed E-state index contributed by atoms with van der Waals surface area (Å²) in [5.41, 5.74) is 5.24. The second kappa shape index (κ2) is 10.7. The third kappa shape index (κ3) is 10.7. The zero-order chi connectivity index (χ0) is 7.82. The molecule has 0 rings (SSSR count). The van der Waals surface area contributed by atoms with E-state index in [0.29, 0.717) is 19.6 Å². The summed E-state index contributed by atoms with van der Waals surface area (Å²) in [5, 5.41) is 0. The molecule has 0 amide bonds. The number of hydrogen-bond acceptors (Lipinski definition) is 3. The molecule has 0 unspecified atom stereocenters. The van der Waals surface area contributed by atoms with Crippen LogP contribution in [-0.4, -0.2) is 56.9 Å². The van der Waals surface area contributed by atoms with Crippen molar-refractivity contribution in [3.8, 4) is 0 Å². The molecule has 2 N–H and O–H groups in total. The molecule has 0 aromatic heterocycles. The van der Waals surface area contributed by atoms with Gasteiger partial charge >= 0.3 is 43.7 Å². The van der Waals surface area contributed by atoms with E-state index in [9.17, 15) is 4.79 Å². The molecular weight excluding hydrogens is 170 g/mol. The summed E-state index contributed by atoms with van der Waals surface area (Å²) in [6.07, 6.45) is 2.25. The van der Waals surface area contributed by atoms with Crippen molar-refractivity contribution >= 4 is 43.7 Å². The van der Waals surface area contributed by atoms with Gasteiger partial charge in [0.25, 0.3) is 0 Å². The van der Waals surface area contributed by atoms with Crippen molar-refractivity contribution in [1.82, 2.24) is 0 Å². The average molecular weight is 187 g/mol. The van der Waals surface area contributed by atoms with E-state index in [1.165, 1.54) is 0 Å². The fourth-order valence-electron chi connectivity index (χ4n) is 0.647. The van der Waals surface area contributed by atoms with Crippen LogP contribution in [0.2, 0.25) is 0 Å². The fraction of sp³-hybridized carbons (Fsp3) is 0.857. The molecule has 0 atom stereocenters. The second-order valence-corrected chi connectivity index (χ2v) is 2.05. The summed E-state index contributed by atoms with van der Waals surface area (Å²) in [4.78, 5) is 10.7. The van der Waals surface area contributed by atoms with E-state index < -0.39 is 0 Å². The molecule has 0 saturated carbocycles. The number of nitrogens with two attached hydrogens (primary N) is 1. The molecule has 0 radical (unpaired) electrons. The van der Waals surface area contributed by atoms with Gasteiger partial charge < -0.3 is 13.3 Å². The van der Waals surface area contributed by atoms with Crippen LogP contribution in [0.5, 0.6) is 0 Å². The Hall–Kier alpha value is 0.690. The van der Waals surface area contributed by atoms with Gasteiger partial charge in [-0.3, -0.25) is 4.79 Å². The van der Waals surface area contributed by atoms with E-state index in [2.05, 4.69) is 0 Å². The van der Waals surface area contributed by atoms with Crippen LogP contribution in [0.4, 0.5) is 0 Å². The molecule has 64 valence electrons. The van der Waals surface area contributed by atoms with Crippen LogP contribution in [-0.2, 0) is 9.53 Å². The summed E-state index contributed by atoms with van der Waals surface area (Å²) >= 11 is 0. The van der Waals surface area contributed by atoms with E-state index in [4.69, 9.17) is 10.5 Å². The van der Waals surface area contributed by atoms with Crippen molar-refractivity contribution < 1.29 is 12.4 Å². The van der Waals surface area contributed by atoms with Crippen molar-refractivity contribution in [2.24, 2.45) is 5.73 Å². The molecule has 3 nitrogen and oxygen atoms in total. The molecule has 4 heteroatoms. The number of hydrogen-bond donors (Lipinski definition) is 1. The van der Waals surface area contributed by atoms with Crippen LogP contribution >= 0.6 is 0 Å². The maximum absolute atomic E-state index is 10.7. The van der Waals surface area contributed by atoms with Gasteiger partial charge in [0.15, 0.2) is 0 Å². The van der Waals surface area contributed by atoms with Crippen molar-refractivity contribution in [3.63, 3.8) is 0 Å². The quantitative estimate of drug-likeness (QED) is 0.388. The van der Waals surface area contributed by atoms with E-state index in [1.54, 1.807) is 6.92 Å². The largest absolute Gasteiger partial charge is 2.00 e. The predicted molar refractivity (Wildman–Crippen MR) is 47.5 cm³/mol. The molecule has 0 bridgehead atoms. The molecular formula is C7H17CaNO2. The summed E-state index contributed by atoms with van der Waals surface area (Å²) in [7, 11) is 0. The topological polar surface area (TPSA) is 52.3 Å². The predicted octanol–water partition coefficient (Wildman–Crippen LogP) is 0.523. The minimum absolute atomic E-state index is 0. The Morgan fingerprint density at radius 2 is 2.18 bits per heavy atom. The van der Waals surface area contributed by atoms with Crippen LogP contribution in [0.3, 0.4) is 0 Å². The van der Waals surface area contributed by atoms with Gasteiger partial charge in [0.1, 0.15) is 0 Å². The van der Waals surface area contributed by atoms with Crippen molar-refractivity contribution in [1.29, 1.82) is 0 Å². The van der Waals surface area contributed by atoms with E-state index >= 15 is 0 Å². The standard InChI is InChI=1S/C7H15NO2.Ca.2H/c1-2-10-7(9)5-3-4-6-8;;;/h2-6,8H2,1H3;;;/q;+2;2*-1. The third-order valence-corrected chi connectivity index (χ3v) is 1.14. The van der Waals surface area contributed by atoms with E-state index in [-0.39, 0.29) is 46.6 Å². The second-order valence-electron chi connectivity index (χ2n) is 2.05. The van der Waals surface area contributed by atoms with Crippen LogP contribution < -0.4 is 5.73 Å². The zero-order valence-electron chi connectivity index (χ0n) is 9.14. The monoisotopic (exact) mass is 187 g/mol. The summed E-state index contributed by atoms with van der Waals surface area (Å²) in [6.45, 7) is 2.93. The molecule has 0 fully saturated rings. The maximum atomic E-state index is 10.7. The van der Waals surface area contributed by atoms with Gasteiger partial charge in [-0.25, -0.2) is 0 Å². The molecule has 0 aliphatic carbocycles. The van der Waals surface area contributed by atoms with Gasteiger partial charge in [0.05, 0.1) is 6.61 Å². The van der Waals surface area contributed by atoms with Crippen LogP contribution in [0.1, 0.15) is 29.0 Å².